The minimum atomic E-state index is -0.237. The lowest BCUT2D eigenvalue weighted by Crippen LogP contribution is -2.54. The number of para-hydroxylation sites is 1. The molecular weight excluding hydrogens is 272 g/mol. The normalized spacial score (nSPS) is 15.3. The summed E-state index contributed by atoms with van der Waals surface area (Å²) in [5, 5.41) is 0. The quantitative estimate of drug-likeness (QED) is 0.744. The van der Waals surface area contributed by atoms with Crippen LogP contribution in [0.15, 0.2) is 24.3 Å². The summed E-state index contributed by atoms with van der Waals surface area (Å²) < 4.78 is 5.14. The zero-order valence-corrected chi connectivity index (χ0v) is 12.2. The van der Waals surface area contributed by atoms with Crippen LogP contribution in [0.1, 0.15) is 17.3 Å². The molecule has 0 spiro atoms. The molecule has 1 aromatic carbocycles. The van der Waals surface area contributed by atoms with Gasteiger partial charge in [-0.25, -0.2) is 0 Å². The summed E-state index contributed by atoms with van der Waals surface area (Å²) in [6.07, 6.45) is 0. The Bertz CT molecular complexity index is 571. The Morgan fingerprint density at radius 2 is 1.76 bits per heavy atom. The van der Waals surface area contributed by atoms with Gasteiger partial charge in [0.05, 0.1) is 25.8 Å². The number of methoxy groups -OCH3 is 1. The zero-order chi connectivity index (χ0) is 15.4. The maximum Gasteiger partial charge on any atom is 0.243 e. The van der Waals surface area contributed by atoms with Gasteiger partial charge in [0, 0.05) is 6.54 Å². The molecule has 1 aromatic rings. The number of carbonyl (C=O) groups excluding carboxylic acids is 3. The second-order valence-electron chi connectivity index (χ2n) is 4.78. The van der Waals surface area contributed by atoms with Crippen molar-refractivity contribution in [3.8, 4) is 5.75 Å². The number of amides is 2. The van der Waals surface area contributed by atoms with E-state index in [1.54, 1.807) is 24.3 Å². The number of hydrogen-bond donors (Lipinski definition) is 0. The summed E-state index contributed by atoms with van der Waals surface area (Å²) in [7, 11) is 1.49. The minimum absolute atomic E-state index is 0.0362. The highest BCUT2D eigenvalue weighted by atomic mass is 16.5. The van der Waals surface area contributed by atoms with E-state index in [1.165, 1.54) is 16.9 Å². The number of benzene rings is 1. The van der Waals surface area contributed by atoms with E-state index in [1.807, 2.05) is 6.92 Å². The first-order valence-electron chi connectivity index (χ1n) is 6.78. The summed E-state index contributed by atoms with van der Waals surface area (Å²) >= 11 is 0. The van der Waals surface area contributed by atoms with E-state index in [9.17, 15) is 14.4 Å². The van der Waals surface area contributed by atoms with E-state index in [4.69, 9.17) is 4.74 Å². The highest BCUT2D eigenvalue weighted by Crippen LogP contribution is 2.18. The third-order valence-corrected chi connectivity index (χ3v) is 3.48. The van der Waals surface area contributed by atoms with Crippen LogP contribution in [0.4, 0.5) is 0 Å². The number of carbonyl (C=O) groups is 3. The molecule has 2 rings (SSSR count). The van der Waals surface area contributed by atoms with Crippen LogP contribution in [0.25, 0.3) is 0 Å². The van der Waals surface area contributed by atoms with Crippen molar-refractivity contribution in [3.63, 3.8) is 0 Å². The molecule has 6 nitrogen and oxygen atoms in total. The first-order chi connectivity index (χ1) is 10.1. The molecule has 1 fully saturated rings. The molecule has 0 N–H and O–H groups in total. The van der Waals surface area contributed by atoms with Crippen molar-refractivity contribution < 1.29 is 19.1 Å². The monoisotopic (exact) mass is 290 g/mol. The van der Waals surface area contributed by atoms with Gasteiger partial charge in [0.25, 0.3) is 0 Å². The van der Waals surface area contributed by atoms with Gasteiger partial charge in [0.1, 0.15) is 12.3 Å². The molecule has 0 radical (unpaired) electrons. The average molecular weight is 290 g/mol. The van der Waals surface area contributed by atoms with Gasteiger partial charge < -0.3 is 14.5 Å². The standard InChI is InChI=1S/C15H18N2O4/c1-3-16-9-15(20)17(10-14(16)19)8-12(18)11-6-4-5-7-13(11)21-2/h4-7H,3,8-10H2,1-2H3. The fraction of sp³-hybridized carbons (Fsp3) is 0.400. The van der Waals surface area contributed by atoms with Gasteiger partial charge in [0.15, 0.2) is 5.78 Å². The van der Waals surface area contributed by atoms with E-state index in [2.05, 4.69) is 0 Å². The van der Waals surface area contributed by atoms with E-state index in [0.29, 0.717) is 17.9 Å². The lowest BCUT2D eigenvalue weighted by Gasteiger charge is -2.32. The van der Waals surface area contributed by atoms with Gasteiger partial charge in [-0.2, -0.15) is 0 Å². The van der Waals surface area contributed by atoms with Crippen molar-refractivity contribution in [1.29, 1.82) is 0 Å². The lowest BCUT2D eigenvalue weighted by atomic mass is 10.1. The number of nitrogens with zero attached hydrogens (tertiary/aromatic N) is 2. The summed E-state index contributed by atoms with van der Waals surface area (Å²) in [5.41, 5.74) is 0.415. The summed E-state index contributed by atoms with van der Waals surface area (Å²) in [6, 6.07) is 6.84. The van der Waals surface area contributed by atoms with E-state index in [0.717, 1.165) is 0 Å². The van der Waals surface area contributed by atoms with Gasteiger partial charge >= 0.3 is 0 Å². The third-order valence-electron chi connectivity index (χ3n) is 3.48. The average Bonchev–Trinajstić information content (AvgIpc) is 2.50. The molecule has 1 saturated heterocycles. The van der Waals surface area contributed by atoms with Crippen molar-refractivity contribution in [3.05, 3.63) is 29.8 Å². The first kappa shape index (κ1) is 15.0. The zero-order valence-electron chi connectivity index (χ0n) is 12.2. The summed E-state index contributed by atoms with van der Waals surface area (Å²) in [6.45, 7) is 2.20. The molecule has 0 aliphatic carbocycles. The smallest absolute Gasteiger partial charge is 0.243 e. The number of rotatable bonds is 5. The topological polar surface area (TPSA) is 66.9 Å². The van der Waals surface area contributed by atoms with Gasteiger partial charge in [-0.15, -0.1) is 0 Å². The summed E-state index contributed by atoms with van der Waals surface area (Å²) in [4.78, 5) is 38.9. The van der Waals surface area contributed by atoms with Crippen LogP contribution in [-0.2, 0) is 9.59 Å². The first-order valence-corrected chi connectivity index (χ1v) is 6.78. The van der Waals surface area contributed by atoms with Crippen LogP contribution >= 0.6 is 0 Å². The Kier molecular flexibility index (Phi) is 4.57. The van der Waals surface area contributed by atoms with Gasteiger partial charge in [-0.05, 0) is 19.1 Å². The Morgan fingerprint density at radius 3 is 2.43 bits per heavy atom. The largest absolute Gasteiger partial charge is 0.496 e. The van der Waals surface area contributed by atoms with Crippen LogP contribution in [0.2, 0.25) is 0 Å². The van der Waals surface area contributed by atoms with Crippen LogP contribution in [-0.4, -0.2) is 60.7 Å². The molecule has 6 heteroatoms. The molecule has 0 saturated carbocycles. The van der Waals surface area contributed by atoms with Crippen molar-refractivity contribution in [2.45, 2.75) is 6.92 Å². The third kappa shape index (κ3) is 3.21. The van der Waals surface area contributed by atoms with Crippen LogP contribution in [0, 0.1) is 0 Å². The maximum absolute atomic E-state index is 12.3. The Labute approximate surface area is 123 Å². The number of piperazine rings is 1. The fourth-order valence-corrected chi connectivity index (χ4v) is 2.27. The van der Waals surface area contributed by atoms with Crippen LogP contribution in [0.3, 0.4) is 0 Å². The molecule has 0 bridgehead atoms. The Morgan fingerprint density at radius 1 is 1.14 bits per heavy atom. The minimum Gasteiger partial charge on any atom is -0.496 e. The molecule has 0 aromatic heterocycles. The Hall–Kier alpha value is -2.37. The van der Waals surface area contributed by atoms with Gasteiger partial charge in [-0.3, -0.25) is 14.4 Å². The fourth-order valence-electron chi connectivity index (χ4n) is 2.27. The molecule has 0 unspecified atom stereocenters. The van der Waals surface area contributed by atoms with Crippen molar-refractivity contribution >= 4 is 17.6 Å². The molecule has 1 aliphatic rings. The summed E-state index contributed by atoms with van der Waals surface area (Å²) in [5.74, 6) is -0.114. The van der Waals surface area contributed by atoms with Crippen molar-refractivity contribution in [1.82, 2.24) is 9.80 Å². The van der Waals surface area contributed by atoms with Crippen molar-refractivity contribution in [2.24, 2.45) is 0 Å². The number of hydrogen-bond acceptors (Lipinski definition) is 4. The molecule has 112 valence electrons. The lowest BCUT2D eigenvalue weighted by molar-refractivity contribution is -0.149. The SMILES string of the molecule is CCN1CC(=O)N(CC(=O)c2ccccc2OC)CC1=O. The van der Waals surface area contributed by atoms with Crippen LogP contribution < -0.4 is 4.74 Å². The highest BCUT2D eigenvalue weighted by molar-refractivity contribution is 6.03. The number of ketones is 1. The molecule has 0 atom stereocenters. The van der Waals surface area contributed by atoms with Crippen LogP contribution in [0.5, 0.6) is 5.75 Å². The maximum atomic E-state index is 12.3. The van der Waals surface area contributed by atoms with Crippen molar-refractivity contribution in [2.75, 3.05) is 33.3 Å². The second kappa shape index (κ2) is 6.39. The van der Waals surface area contributed by atoms with Gasteiger partial charge in [-0.1, -0.05) is 12.1 Å². The van der Waals surface area contributed by atoms with E-state index < -0.39 is 0 Å². The molecule has 1 heterocycles. The molecule has 2 amide bonds. The highest BCUT2D eigenvalue weighted by Gasteiger charge is 2.30. The Balaban J connectivity index is 2.09. The molecular formula is C15H18N2O4. The van der Waals surface area contributed by atoms with Gasteiger partial charge in [0.2, 0.25) is 11.8 Å². The number of likely N-dealkylation sites (N-methyl/N-ethyl adjacent to an activating group) is 1. The molecule has 1 aliphatic heterocycles. The number of Topliss-reactive ketones (excluding diaryl/α,β-unsaturated/α-hetero) is 1. The predicted molar refractivity (Wildman–Crippen MR) is 76.2 cm³/mol. The second-order valence-corrected chi connectivity index (χ2v) is 4.78. The number of ether oxygens (including phenoxy) is 1. The predicted octanol–water partition coefficient (Wildman–Crippen LogP) is 0.569. The molecule has 21 heavy (non-hydrogen) atoms. The van der Waals surface area contributed by atoms with E-state index in [-0.39, 0.29) is 37.2 Å². The van der Waals surface area contributed by atoms with E-state index >= 15 is 0 Å².